The first-order valence-corrected chi connectivity index (χ1v) is 13.6. The molecule has 202 valence electrons. The van der Waals surface area contributed by atoms with E-state index in [0.29, 0.717) is 11.5 Å². The fraction of sp³-hybridized carbons (Fsp3) is 0.161. The van der Waals surface area contributed by atoms with Crippen LogP contribution in [0.25, 0.3) is 55.2 Å². The molecule has 0 aliphatic heterocycles. The highest BCUT2D eigenvalue weighted by atomic mass is 32.1. The van der Waals surface area contributed by atoms with Crippen LogP contribution in [0.4, 0.5) is 0 Å². The minimum absolute atomic E-state index is 0.628. The van der Waals surface area contributed by atoms with E-state index >= 15 is 0 Å². The standard InChI is InChI=1S/C31H32N8S/c1-8-20(14-21(9-2)33-19(5)17-39(6)7)23-10-11-24-29(34-23)30(38-37-24)31-35-25-16-32-15-22(28(25)36-31)27-13-12-26(40-27)18(3)4/h8-16,33H,2-3,5,17H2,1,4,6-7H3,(H,35,36)(H,37,38)/b20-8+,21-14+. The van der Waals surface area contributed by atoms with Crippen molar-refractivity contribution in [2.24, 2.45) is 0 Å². The largest absolute Gasteiger partial charge is 0.358 e. The Morgan fingerprint density at radius 3 is 2.60 bits per heavy atom. The molecule has 0 spiro atoms. The Kier molecular flexibility index (Phi) is 7.59. The molecule has 5 aromatic heterocycles. The minimum atomic E-state index is 0.628. The van der Waals surface area contributed by atoms with Gasteiger partial charge in [0.1, 0.15) is 11.0 Å². The molecule has 0 bridgehead atoms. The van der Waals surface area contributed by atoms with E-state index in [1.54, 1.807) is 23.6 Å². The fourth-order valence-electron chi connectivity index (χ4n) is 4.41. The number of aromatic nitrogens is 6. The van der Waals surface area contributed by atoms with E-state index in [0.717, 1.165) is 72.2 Å². The van der Waals surface area contributed by atoms with Crippen LogP contribution in [0.3, 0.4) is 0 Å². The van der Waals surface area contributed by atoms with Gasteiger partial charge in [-0.25, -0.2) is 9.97 Å². The number of nitrogens with one attached hydrogen (secondary N) is 3. The van der Waals surface area contributed by atoms with Gasteiger partial charge in [-0.1, -0.05) is 25.8 Å². The smallest absolute Gasteiger partial charge is 0.161 e. The number of thiophene rings is 1. The molecular weight excluding hydrogens is 516 g/mol. The molecule has 5 heterocycles. The van der Waals surface area contributed by atoms with Crippen LogP contribution in [0, 0.1) is 0 Å². The van der Waals surface area contributed by atoms with E-state index in [9.17, 15) is 0 Å². The highest BCUT2D eigenvalue weighted by molar-refractivity contribution is 7.16. The third-order valence-electron chi connectivity index (χ3n) is 6.28. The van der Waals surface area contributed by atoms with Gasteiger partial charge >= 0.3 is 0 Å². The lowest BCUT2D eigenvalue weighted by Crippen LogP contribution is -2.23. The molecule has 0 aromatic carbocycles. The van der Waals surface area contributed by atoms with Gasteiger partial charge in [0, 0.05) is 39.5 Å². The summed E-state index contributed by atoms with van der Waals surface area (Å²) in [6, 6.07) is 8.13. The highest BCUT2D eigenvalue weighted by Gasteiger charge is 2.18. The van der Waals surface area contributed by atoms with Gasteiger partial charge in [-0.15, -0.1) is 11.3 Å². The molecule has 0 aliphatic rings. The molecule has 5 rings (SSSR count). The first-order valence-electron chi connectivity index (χ1n) is 12.8. The lowest BCUT2D eigenvalue weighted by atomic mass is 10.1. The number of H-pyrrole nitrogens is 2. The number of pyridine rings is 2. The minimum Gasteiger partial charge on any atom is -0.358 e. The normalized spacial score (nSPS) is 12.4. The van der Waals surface area contributed by atoms with Crippen LogP contribution in [-0.2, 0) is 0 Å². The second-order valence-electron chi connectivity index (χ2n) is 9.79. The van der Waals surface area contributed by atoms with Crippen LogP contribution in [0.5, 0.6) is 0 Å². The molecule has 3 N–H and O–H groups in total. The van der Waals surface area contributed by atoms with Crippen LogP contribution in [0.15, 0.2) is 86.0 Å². The number of hydrogen-bond acceptors (Lipinski definition) is 7. The molecule has 40 heavy (non-hydrogen) atoms. The van der Waals surface area contributed by atoms with Gasteiger partial charge in [0.25, 0.3) is 0 Å². The monoisotopic (exact) mass is 548 g/mol. The highest BCUT2D eigenvalue weighted by Crippen LogP contribution is 2.35. The molecule has 0 fully saturated rings. The summed E-state index contributed by atoms with van der Waals surface area (Å²) < 4.78 is 0. The molecule has 8 nitrogen and oxygen atoms in total. The summed E-state index contributed by atoms with van der Waals surface area (Å²) in [6.07, 6.45) is 9.45. The average molecular weight is 549 g/mol. The number of imidazole rings is 1. The molecule has 0 radical (unpaired) electrons. The zero-order chi connectivity index (χ0) is 28.4. The Morgan fingerprint density at radius 1 is 1.07 bits per heavy atom. The number of rotatable bonds is 10. The van der Waals surface area contributed by atoms with Crippen molar-refractivity contribution in [3.8, 4) is 22.0 Å². The van der Waals surface area contributed by atoms with Crippen molar-refractivity contribution in [3.05, 3.63) is 96.6 Å². The fourth-order valence-corrected chi connectivity index (χ4v) is 5.35. The maximum atomic E-state index is 4.99. The summed E-state index contributed by atoms with van der Waals surface area (Å²) in [7, 11) is 4.01. The van der Waals surface area contributed by atoms with Gasteiger partial charge in [-0.3, -0.25) is 10.1 Å². The van der Waals surface area contributed by atoms with E-state index in [4.69, 9.17) is 9.97 Å². The topological polar surface area (TPSA) is 98.4 Å². The molecular formula is C31H32N8S. The van der Waals surface area contributed by atoms with E-state index < -0.39 is 0 Å². The zero-order valence-electron chi connectivity index (χ0n) is 23.2. The Morgan fingerprint density at radius 2 is 1.90 bits per heavy atom. The lowest BCUT2D eigenvalue weighted by Gasteiger charge is -2.15. The van der Waals surface area contributed by atoms with Crippen molar-refractivity contribution < 1.29 is 0 Å². The van der Waals surface area contributed by atoms with Crippen molar-refractivity contribution in [2.75, 3.05) is 20.6 Å². The lowest BCUT2D eigenvalue weighted by molar-refractivity contribution is 0.438. The summed E-state index contributed by atoms with van der Waals surface area (Å²) in [5.41, 5.74) is 9.34. The van der Waals surface area contributed by atoms with Gasteiger partial charge in [0.2, 0.25) is 0 Å². The molecule has 0 amide bonds. The summed E-state index contributed by atoms with van der Waals surface area (Å²) in [6.45, 7) is 16.9. The summed E-state index contributed by atoms with van der Waals surface area (Å²) in [4.78, 5) is 22.1. The Hall–Kier alpha value is -4.60. The van der Waals surface area contributed by atoms with Gasteiger partial charge in [-0.2, -0.15) is 5.10 Å². The Bertz CT molecular complexity index is 1810. The van der Waals surface area contributed by atoms with Crippen LogP contribution in [0.2, 0.25) is 0 Å². The molecule has 5 aromatic rings. The number of nitrogens with zero attached hydrogens (tertiary/aromatic N) is 5. The van der Waals surface area contributed by atoms with Gasteiger partial charge < -0.3 is 15.2 Å². The third-order valence-corrected chi connectivity index (χ3v) is 7.56. The number of allylic oxidation sites excluding steroid dienone is 5. The summed E-state index contributed by atoms with van der Waals surface area (Å²) in [5.74, 6) is 0.628. The maximum absolute atomic E-state index is 4.99. The molecule has 9 heteroatoms. The summed E-state index contributed by atoms with van der Waals surface area (Å²) >= 11 is 1.68. The number of likely N-dealkylation sites (N-methyl/N-ethyl adjacent to an activating group) is 1. The van der Waals surface area contributed by atoms with E-state index in [1.807, 2.05) is 58.4 Å². The molecule has 0 aliphatic carbocycles. The van der Waals surface area contributed by atoms with Crippen molar-refractivity contribution in [3.63, 3.8) is 0 Å². The van der Waals surface area contributed by atoms with Crippen LogP contribution < -0.4 is 5.32 Å². The van der Waals surface area contributed by atoms with Crippen molar-refractivity contribution >= 4 is 44.5 Å². The molecule has 0 saturated carbocycles. The Labute approximate surface area is 237 Å². The van der Waals surface area contributed by atoms with Crippen LogP contribution in [-0.4, -0.2) is 55.7 Å². The number of hydrogen-bond donors (Lipinski definition) is 3. The average Bonchev–Trinajstić information content (AvgIpc) is 3.67. The van der Waals surface area contributed by atoms with Crippen molar-refractivity contribution in [1.29, 1.82) is 0 Å². The Balaban J connectivity index is 1.52. The van der Waals surface area contributed by atoms with Gasteiger partial charge in [0.15, 0.2) is 11.5 Å². The number of fused-ring (bicyclic) bond motifs is 2. The SMILES string of the molecule is C=C/C(=C\C(=C/C)c1ccc2[nH]nc(-c3nc4c(-c5ccc(C(=C)C)s5)cncc4[nH]3)c2n1)NC(=C)CN(C)C. The maximum Gasteiger partial charge on any atom is 0.161 e. The van der Waals surface area contributed by atoms with Crippen LogP contribution >= 0.6 is 11.3 Å². The van der Waals surface area contributed by atoms with E-state index in [1.165, 1.54) is 0 Å². The van der Waals surface area contributed by atoms with Crippen molar-refractivity contribution in [1.82, 2.24) is 40.3 Å². The second-order valence-corrected chi connectivity index (χ2v) is 10.9. The predicted octanol–water partition coefficient (Wildman–Crippen LogP) is 6.80. The molecule has 0 unspecified atom stereocenters. The van der Waals surface area contributed by atoms with Gasteiger partial charge in [0.05, 0.1) is 22.9 Å². The predicted molar refractivity (Wildman–Crippen MR) is 168 cm³/mol. The first-order chi connectivity index (χ1) is 19.3. The van der Waals surface area contributed by atoms with E-state index in [2.05, 4.69) is 62.3 Å². The van der Waals surface area contributed by atoms with E-state index in [-0.39, 0.29) is 0 Å². The number of aromatic amines is 2. The second kappa shape index (κ2) is 11.3. The summed E-state index contributed by atoms with van der Waals surface area (Å²) in [5, 5.41) is 11.0. The molecule has 0 atom stereocenters. The quantitative estimate of drug-likeness (QED) is 0.166. The van der Waals surface area contributed by atoms with Crippen LogP contribution in [0.1, 0.15) is 24.4 Å². The zero-order valence-corrected chi connectivity index (χ0v) is 24.0. The molecule has 0 saturated heterocycles. The van der Waals surface area contributed by atoms with Crippen molar-refractivity contribution in [2.45, 2.75) is 13.8 Å². The third kappa shape index (κ3) is 5.42. The first kappa shape index (κ1) is 27.0. The van der Waals surface area contributed by atoms with Gasteiger partial charge in [-0.05, 0) is 75.5 Å².